The molecule has 0 heterocycles. The van der Waals surface area contributed by atoms with Crippen molar-refractivity contribution < 1.29 is 0 Å². The molecule has 1 aliphatic rings. The van der Waals surface area contributed by atoms with Gasteiger partial charge in [0, 0.05) is 11.0 Å². The molecule has 0 bridgehead atoms. The second-order valence-corrected chi connectivity index (χ2v) is 6.62. The molecule has 1 saturated carbocycles. The van der Waals surface area contributed by atoms with E-state index in [2.05, 4.69) is 44.9 Å². The molecule has 18 heavy (non-hydrogen) atoms. The van der Waals surface area contributed by atoms with Gasteiger partial charge >= 0.3 is 0 Å². The fourth-order valence-corrected chi connectivity index (χ4v) is 3.53. The van der Waals surface area contributed by atoms with Crippen LogP contribution in [0, 0.1) is 17.8 Å². The highest BCUT2D eigenvalue weighted by Crippen LogP contribution is 2.51. The van der Waals surface area contributed by atoms with Crippen LogP contribution < -0.4 is 0 Å². The molecule has 0 aliphatic heterocycles. The summed E-state index contributed by atoms with van der Waals surface area (Å²) in [6.07, 6.45) is 12.2. The maximum Gasteiger partial charge on any atom is 0.0245 e. The Hall–Kier alpha value is -1.22. The molecule has 0 atom stereocenters. The smallest absolute Gasteiger partial charge is 0.0245 e. The van der Waals surface area contributed by atoms with Crippen molar-refractivity contribution in [3.63, 3.8) is 0 Å². The van der Waals surface area contributed by atoms with Crippen molar-refractivity contribution in [3.8, 4) is 12.3 Å². The Bertz CT molecular complexity index is 448. The van der Waals surface area contributed by atoms with Gasteiger partial charge in [-0.3, -0.25) is 0 Å². The molecule has 0 saturated heterocycles. The summed E-state index contributed by atoms with van der Waals surface area (Å²) >= 11 is 0. The van der Waals surface area contributed by atoms with Crippen LogP contribution in [0.15, 0.2) is 24.3 Å². The van der Waals surface area contributed by atoms with Gasteiger partial charge in [-0.2, -0.15) is 0 Å². The monoisotopic (exact) mass is 240 g/mol. The van der Waals surface area contributed by atoms with E-state index >= 15 is 0 Å². The predicted octanol–water partition coefficient (Wildman–Crippen LogP) is 4.92. The van der Waals surface area contributed by atoms with Crippen molar-refractivity contribution in [2.75, 3.05) is 0 Å². The van der Waals surface area contributed by atoms with Gasteiger partial charge in [-0.25, -0.2) is 0 Å². The maximum atomic E-state index is 5.55. The lowest BCUT2D eigenvalue weighted by atomic mass is 9.56. The quantitative estimate of drug-likeness (QED) is 0.611. The van der Waals surface area contributed by atoms with E-state index in [4.69, 9.17) is 6.42 Å². The summed E-state index contributed by atoms with van der Waals surface area (Å²) in [5.41, 5.74) is 3.06. The first-order chi connectivity index (χ1) is 8.49. The van der Waals surface area contributed by atoms with Gasteiger partial charge in [0.15, 0.2) is 0 Å². The highest BCUT2D eigenvalue weighted by atomic mass is 14.5. The summed E-state index contributed by atoms with van der Waals surface area (Å²) in [5.74, 6) is 2.78. The van der Waals surface area contributed by atoms with Crippen molar-refractivity contribution >= 4 is 0 Å². The molecule has 1 aromatic rings. The zero-order valence-electron chi connectivity index (χ0n) is 11.9. The molecular weight excluding hydrogens is 216 g/mol. The molecule has 1 fully saturated rings. The first kappa shape index (κ1) is 13.2. The summed E-state index contributed by atoms with van der Waals surface area (Å²) in [7, 11) is 0. The second kappa shape index (κ2) is 4.81. The third-order valence-corrected chi connectivity index (χ3v) is 4.72. The fourth-order valence-electron chi connectivity index (χ4n) is 3.53. The minimum Gasteiger partial charge on any atom is -0.115 e. The molecule has 0 amide bonds. The lowest BCUT2D eigenvalue weighted by molar-refractivity contribution is 0.126. The molecule has 0 radical (unpaired) electrons. The average Bonchev–Trinajstić information content (AvgIpc) is 2.38. The zero-order chi connectivity index (χ0) is 13.2. The van der Waals surface area contributed by atoms with E-state index in [1.807, 2.05) is 6.07 Å². The second-order valence-electron chi connectivity index (χ2n) is 6.62. The molecule has 0 nitrogen and oxygen atoms in total. The van der Waals surface area contributed by atoms with E-state index in [0.29, 0.717) is 10.8 Å². The Morgan fingerprint density at radius 1 is 1.11 bits per heavy atom. The largest absolute Gasteiger partial charge is 0.115 e. The van der Waals surface area contributed by atoms with Crippen LogP contribution in [0.1, 0.15) is 64.0 Å². The molecular formula is C18H24. The number of hydrogen-bond acceptors (Lipinski definition) is 0. The van der Waals surface area contributed by atoms with Gasteiger partial charge in [-0.1, -0.05) is 58.1 Å². The SMILES string of the molecule is C#Cc1cccc(C2(C(C)(C)C)CCCCC2)c1. The Morgan fingerprint density at radius 2 is 1.78 bits per heavy atom. The Morgan fingerprint density at radius 3 is 2.33 bits per heavy atom. The molecule has 0 spiro atoms. The molecule has 0 aromatic heterocycles. The van der Waals surface area contributed by atoms with Crippen molar-refractivity contribution in [1.29, 1.82) is 0 Å². The van der Waals surface area contributed by atoms with Crippen LogP contribution in [0.2, 0.25) is 0 Å². The van der Waals surface area contributed by atoms with Crippen molar-refractivity contribution in [2.45, 2.75) is 58.3 Å². The number of rotatable bonds is 1. The third-order valence-electron chi connectivity index (χ3n) is 4.72. The van der Waals surface area contributed by atoms with Gasteiger partial charge in [-0.15, -0.1) is 6.42 Å². The fraction of sp³-hybridized carbons (Fsp3) is 0.556. The molecule has 0 unspecified atom stereocenters. The molecule has 1 aromatic carbocycles. The first-order valence-electron chi connectivity index (χ1n) is 7.07. The minimum absolute atomic E-state index is 0.292. The van der Waals surface area contributed by atoms with Crippen LogP contribution in [0.3, 0.4) is 0 Å². The highest BCUT2D eigenvalue weighted by Gasteiger charge is 2.43. The lowest BCUT2D eigenvalue weighted by Gasteiger charge is -2.48. The minimum atomic E-state index is 0.292. The number of terminal acetylenes is 1. The van der Waals surface area contributed by atoms with Gasteiger partial charge in [0.1, 0.15) is 0 Å². The van der Waals surface area contributed by atoms with Gasteiger partial charge in [0.2, 0.25) is 0 Å². The first-order valence-corrected chi connectivity index (χ1v) is 7.07. The average molecular weight is 240 g/mol. The van der Waals surface area contributed by atoms with Crippen molar-refractivity contribution in [1.82, 2.24) is 0 Å². The molecule has 0 N–H and O–H groups in total. The number of hydrogen-bond donors (Lipinski definition) is 0. The molecule has 0 heteroatoms. The topological polar surface area (TPSA) is 0 Å². The summed E-state index contributed by atoms with van der Waals surface area (Å²) in [5, 5.41) is 0. The van der Waals surface area contributed by atoms with Gasteiger partial charge in [-0.05, 0) is 36.0 Å². The summed E-state index contributed by atoms with van der Waals surface area (Å²) in [6, 6.07) is 8.66. The molecule has 1 aliphatic carbocycles. The lowest BCUT2D eigenvalue weighted by Crippen LogP contribution is -2.41. The molecule has 96 valence electrons. The number of benzene rings is 1. The summed E-state index contributed by atoms with van der Waals surface area (Å²) in [6.45, 7) is 7.13. The van der Waals surface area contributed by atoms with E-state index in [1.165, 1.54) is 37.7 Å². The van der Waals surface area contributed by atoms with E-state index < -0.39 is 0 Å². The van der Waals surface area contributed by atoms with Crippen LogP contribution in [-0.4, -0.2) is 0 Å². The Kier molecular flexibility index (Phi) is 3.53. The van der Waals surface area contributed by atoms with E-state index in [9.17, 15) is 0 Å². The highest BCUT2D eigenvalue weighted by molar-refractivity contribution is 5.39. The normalized spacial score (nSPS) is 19.2. The summed E-state index contributed by atoms with van der Waals surface area (Å²) < 4.78 is 0. The van der Waals surface area contributed by atoms with Crippen molar-refractivity contribution in [2.24, 2.45) is 5.41 Å². The van der Waals surface area contributed by atoms with Crippen LogP contribution in [0.5, 0.6) is 0 Å². The van der Waals surface area contributed by atoms with Crippen LogP contribution >= 0.6 is 0 Å². The van der Waals surface area contributed by atoms with Gasteiger partial charge < -0.3 is 0 Å². The standard InChI is InChI=1S/C18H24/c1-5-15-10-9-11-16(14-15)18(17(2,3)4)12-7-6-8-13-18/h1,9-11,14H,6-8,12-13H2,2-4H3. The Labute approximate surface area is 112 Å². The van der Waals surface area contributed by atoms with E-state index in [1.54, 1.807) is 0 Å². The van der Waals surface area contributed by atoms with Crippen LogP contribution in [0.25, 0.3) is 0 Å². The predicted molar refractivity (Wildman–Crippen MR) is 78.6 cm³/mol. The third kappa shape index (κ3) is 2.19. The van der Waals surface area contributed by atoms with Crippen LogP contribution in [0.4, 0.5) is 0 Å². The zero-order valence-corrected chi connectivity index (χ0v) is 11.9. The van der Waals surface area contributed by atoms with Gasteiger partial charge in [0.25, 0.3) is 0 Å². The summed E-state index contributed by atoms with van der Waals surface area (Å²) in [4.78, 5) is 0. The molecule has 2 rings (SSSR count). The van der Waals surface area contributed by atoms with Gasteiger partial charge in [0.05, 0.1) is 0 Å². The van der Waals surface area contributed by atoms with Crippen molar-refractivity contribution in [3.05, 3.63) is 35.4 Å². The van der Waals surface area contributed by atoms with E-state index in [-0.39, 0.29) is 0 Å². The maximum absolute atomic E-state index is 5.55. The van der Waals surface area contributed by atoms with Crippen LogP contribution in [-0.2, 0) is 5.41 Å². The van der Waals surface area contributed by atoms with E-state index in [0.717, 1.165) is 5.56 Å². The Balaban J connectivity index is 2.49.